The Kier molecular flexibility index (Phi) is 3.23. The van der Waals surface area contributed by atoms with Crippen LogP contribution < -0.4 is 4.90 Å². The normalized spacial score (nSPS) is 26.6. The molecule has 2 rings (SSSR count). The molecule has 0 N–H and O–H groups in total. The minimum Gasteiger partial charge on any atom is -0.339 e. The maximum Gasteiger partial charge on any atom is 0.245 e. The average molecular weight is 274 g/mol. The summed E-state index contributed by atoms with van der Waals surface area (Å²) >= 11 is 3.75. The van der Waals surface area contributed by atoms with Crippen LogP contribution in [0.1, 0.15) is 25.7 Å². The molecule has 5 nitrogen and oxygen atoms in total. The fraction of sp³-hybridized carbons (Fsp3) is 0.889. The van der Waals surface area contributed by atoms with Gasteiger partial charge in [0, 0.05) is 25.0 Å². The number of nitrogens with zero attached hydrogens (tertiary/aromatic N) is 5. The van der Waals surface area contributed by atoms with E-state index in [4.69, 9.17) is 0 Å². The molecule has 0 radical (unpaired) electrons. The van der Waals surface area contributed by atoms with Crippen LogP contribution in [-0.4, -0.2) is 38.1 Å². The van der Waals surface area contributed by atoms with Crippen LogP contribution in [0.15, 0.2) is 0 Å². The second-order valence-corrected chi connectivity index (χ2v) is 5.26. The Hall–Kier alpha value is -0.650. The molecule has 1 heterocycles. The lowest BCUT2D eigenvalue weighted by atomic mass is 9.94. The van der Waals surface area contributed by atoms with Crippen LogP contribution in [0.5, 0.6) is 0 Å². The molecule has 15 heavy (non-hydrogen) atoms. The van der Waals surface area contributed by atoms with Crippen molar-refractivity contribution >= 4 is 21.9 Å². The monoisotopic (exact) mass is 273 g/mol. The second kappa shape index (κ2) is 4.47. The number of anilines is 1. The molecule has 6 heteroatoms. The third kappa shape index (κ3) is 2.14. The van der Waals surface area contributed by atoms with E-state index >= 15 is 0 Å². The minimum atomic E-state index is 0.503. The van der Waals surface area contributed by atoms with Gasteiger partial charge in [0.1, 0.15) is 0 Å². The Morgan fingerprint density at radius 1 is 1.40 bits per heavy atom. The van der Waals surface area contributed by atoms with Crippen molar-refractivity contribution in [1.29, 1.82) is 0 Å². The number of rotatable bonds is 2. The first kappa shape index (κ1) is 10.9. The number of aromatic nitrogens is 4. The van der Waals surface area contributed by atoms with Gasteiger partial charge in [-0.05, 0) is 23.3 Å². The van der Waals surface area contributed by atoms with Gasteiger partial charge in [-0.25, -0.2) is 4.68 Å². The summed E-state index contributed by atoms with van der Waals surface area (Å²) in [7, 11) is 3.94. The molecule has 2 unspecified atom stereocenters. The van der Waals surface area contributed by atoms with E-state index in [1.807, 2.05) is 7.05 Å². The highest BCUT2D eigenvalue weighted by Gasteiger charge is 2.28. The lowest BCUT2D eigenvalue weighted by molar-refractivity contribution is 0.437. The smallest absolute Gasteiger partial charge is 0.245 e. The summed E-state index contributed by atoms with van der Waals surface area (Å²) in [4.78, 5) is 2.73. The molecule has 1 fully saturated rings. The molecule has 1 saturated carbocycles. The van der Waals surface area contributed by atoms with Crippen molar-refractivity contribution in [1.82, 2.24) is 20.2 Å². The summed E-state index contributed by atoms with van der Waals surface area (Å²) in [6.07, 6.45) is 5.05. The Morgan fingerprint density at radius 3 is 2.73 bits per heavy atom. The first-order valence-corrected chi connectivity index (χ1v) is 6.21. The van der Waals surface area contributed by atoms with Gasteiger partial charge in [-0.1, -0.05) is 33.9 Å². The summed E-state index contributed by atoms with van der Waals surface area (Å²) in [6.45, 7) is 0. The van der Waals surface area contributed by atoms with Gasteiger partial charge >= 0.3 is 0 Å². The molecule has 0 aliphatic heterocycles. The van der Waals surface area contributed by atoms with Crippen molar-refractivity contribution < 1.29 is 0 Å². The van der Waals surface area contributed by atoms with Gasteiger partial charge < -0.3 is 4.90 Å². The fourth-order valence-corrected chi connectivity index (χ4v) is 3.12. The van der Waals surface area contributed by atoms with E-state index in [2.05, 4.69) is 43.4 Å². The van der Waals surface area contributed by atoms with Crippen LogP contribution in [0.3, 0.4) is 0 Å². The average Bonchev–Trinajstić information content (AvgIpc) is 2.64. The van der Waals surface area contributed by atoms with Gasteiger partial charge in [0.25, 0.3) is 0 Å². The molecule has 0 saturated heterocycles. The van der Waals surface area contributed by atoms with Gasteiger partial charge in [-0.3, -0.25) is 0 Å². The quantitative estimate of drug-likeness (QED) is 0.764. The minimum absolute atomic E-state index is 0.503. The number of hydrogen-bond donors (Lipinski definition) is 0. The Labute approximate surface area is 98.0 Å². The van der Waals surface area contributed by atoms with Crippen LogP contribution in [0.2, 0.25) is 0 Å². The van der Waals surface area contributed by atoms with Crippen LogP contribution in [-0.2, 0) is 7.05 Å². The van der Waals surface area contributed by atoms with Crippen molar-refractivity contribution in [3.63, 3.8) is 0 Å². The molecule has 1 aliphatic rings. The number of alkyl halides is 1. The molecule has 0 spiro atoms. The third-order valence-electron chi connectivity index (χ3n) is 3.06. The van der Waals surface area contributed by atoms with E-state index < -0.39 is 0 Å². The molecule has 0 aromatic carbocycles. The van der Waals surface area contributed by atoms with Crippen molar-refractivity contribution in [2.45, 2.75) is 36.6 Å². The van der Waals surface area contributed by atoms with Gasteiger partial charge in [-0.2, -0.15) is 0 Å². The predicted octanol–water partition coefficient (Wildman–Crippen LogP) is 1.35. The molecule has 1 aromatic heterocycles. The summed E-state index contributed by atoms with van der Waals surface area (Å²) in [6, 6.07) is 0.503. The van der Waals surface area contributed by atoms with Gasteiger partial charge in [0.15, 0.2) is 0 Å². The Morgan fingerprint density at radius 2 is 2.13 bits per heavy atom. The molecular formula is C9H16BrN5. The number of hydrogen-bond acceptors (Lipinski definition) is 4. The van der Waals surface area contributed by atoms with E-state index in [0.29, 0.717) is 10.9 Å². The first-order valence-electron chi connectivity index (χ1n) is 5.29. The standard InChI is InChI=1S/C9H16BrN5/c1-14(9-11-12-13-15(9)2)8-6-4-3-5-7(8)10/h7-8H,3-6H2,1-2H3. The molecule has 84 valence electrons. The Balaban J connectivity index is 2.13. The summed E-state index contributed by atoms with van der Waals surface area (Å²) in [5, 5.41) is 11.6. The van der Waals surface area contributed by atoms with E-state index in [1.165, 1.54) is 25.7 Å². The van der Waals surface area contributed by atoms with Crippen molar-refractivity contribution in [2.75, 3.05) is 11.9 Å². The second-order valence-electron chi connectivity index (χ2n) is 4.08. The molecule has 1 aliphatic carbocycles. The zero-order valence-corrected chi connectivity index (χ0v) is 10.7. The summed E-state index contributed by atoms with van der Waals surface area (Å²) in [5.41, 5.74) is 0. The van der Waals surface area contributed by atoms with Crippen LogP contribution in [0.4, 0.5) is 5.95 Å². The SMILES string of the molecule is CN(c1nnnn1C)C1CCCCC1Br. The molecule has 0 bridgehead atoms. The Bertz CT molecular complexity index is 326. The zero-order valence-electron chi connectivity index (χ0n) is 9.10. The van der Waals surface area contributed by atoms with Crippen LogP contribution in [0, 0.1) is 0 Å². The maximum atomic E-state index is 4.03. The lowest BCUT2D eigenvalue weighted by Gasteiger charge is -2.34. The van der Waals surface area contributed by atoms with E-state index in [1.54, 1.807) is 4.68 Å². The molecule has 2 atom stereocenters. The largest absolute Gasteiger partial charge is 0.339 e. The number of aryl methyl sites for hydroxylation is 1. The molecule has 0 amide bonds. The highest BCUT2D eigenvalue weighted by molar-refractivity contribution is 9.09. The summed E-state index contributed by atoms with van der Waals surface area (Å²) in [5.74, 6) is 0.839. The predicted molar refractivity (Wildman–Crippen MR) is 62.2 cm³/mol. The van der Waals surface area contributed by atoms with Crippen molar-refractivity contribution in [3.05, 3.63) is 0 Å². The van der Waals surface area contributed by atoms with Crippen molar-refractivity contribution in [2.24, 2.45) is 7.05 Å². The topological polar surface area (TPSA) is 46.8 Å². The van der Waals surface area contributed by atoms with Gasteiger partial charge in [-0.15, -0.1) is 0 Å². The zero-order chi connectivity index (χ0) is 10.8. The maximum absolute atomic E-state index is 4.03. The van der Waals surface area contributed by atoms with Gasteiger partial charge in [0.05, 0.1) is 0 Å². The number of halogens is 1. The fourth-order valence-electron chi connectivity index (χ4n) is 2.17. The summed E-state index contributed by atoms with van der Waals surface area (Å²) < 4.78 is 1.72. The third-order valence-corrected chi connectivity index (χ3v) is 4.13. The van der Waals surface area contributed by atoms with Crippen LogP contribution >= 0.6 is 15.9 Å². The van der Waals surface area contributed by atoms with E-state index in [0.717, 1.165) is 5.95 Å². The van der Waals surface area contributed by atoms with Crippen LogP contribution in [0.25, 0.3) is 0 Å². The lowest BCUT2D eigenvalue weighted by Crippen LogP contribution is -2.41. The van der Waals surface area contributed by atoms with Crippen molar-refractivity contribution in [3.8, 4) is 0 Å². The number of tetrazole rings is 1. The molecular weight excluding hydrogens is 258 g/mol. The first-order chi connectivity index (χ1) is 7.20. The van der Waals surface area contributed by atoms with E-state index in [9.17, 15) is 0 Å². The van der Waals surface area contributed by atoms with E-state index in [-0.39, 0.29) is 0 Å². The highest BCUT2D eigenvalue weighted by Crippen LogP contribution is 2.29. The van der Waals surface area contributed by atoms with Gasteiger partial charge in [0.2, 0.25) is 5.95 Å². The molecule has 1 aromatic rings. The highest BCUT2D eigenvalue weighted by atomic mass is 79.9.